The lowest BCUT2D eigenvalue weighted by Crippen LogP contribution is -2.36. The van der Waals surface area contributed by atoms with Crippen molar-refractivity contribution >= 4 is 23.5 Å². The maximum Gasteiger partial charge on any atom is 0.270 e. The highest BCUT2D eigenvalue weighted by Crippen LogP contribution is 2.49. The van der Waals surface area contributed by atoms with Crippen LogP contribution in [0.15, 0.2) is 10.9 Å². The lowest BCUT2D eigenvalue weighted by Gasteiger charge is -2.22. The summed E-state index contributed by atoms with van der Waals surface area (Å²) in [6, 6.07) is 0.0507. The van der Waals surface area contributed by atoms with Crippen molar-refractivity contribution in [3.63, 3.8) is 0 Å². The van der Waals surface area contributed by atoms with Crippen LogP contribution in [-0.2, 0) is 11.3 Å². The van der Waals surface area contributed by atoms with Gasteiger partial charge in [-0.05, 0) is 57.4 Å². The van der Waals surface area contributed by atoms with Crippen LogP contribution in [-0.4, -0.2) is 54.1 Å². The number of hydrogen-bond donors (Lipinski definition) is 2. The summed E-state index contributed by atoms with van der Waals surface area (Å²) in [6.45, 7) is 6.84. The first-order valence-corrected chi connectivity index (χ1v) is 11.9. The first-order valence-electron chi connectivity index (χ1n) is 11.9. The summed E-state index contributed by atoms with van der Waals surface area (Å²) < 4.78 is 2.75. The first kappa shape index (κ1) is 21.7. The zero-order chi connectivity index (χ0) is 23.5. The molecule has 176 valence electrons. The largest absolute Gasteiger partial charge is 0.492 e. The number of aromatic hydroxyl groups is 1. The van der Waals surface area contributed by atoms with Crippen LogP contribution in [0.1, 0.15) is 74.0 Å². The van der Waals surface area contributed by atoms with E-state index in [4.69, 9.17) is 0 Å². The van der Waals surface area contributed by atoms with Crippen LogP contribution < -0.4 is 10.9 Å². The van der Waals surface area contributed by atoms with Crippen LogP contribution in [0, 0.1) is 12.8 Å². The summed E-state index contributed by atoms with van der Waals surface area (Å²) in [4.78, 5) is 41.0. The molecule has 1 aliphatic heterocycles. The third-order valence-electron chi connectivity index (χ3n) is 6.99. The minimum atomic E-state index is -0.580. The van der Waals surface area contributed by atoms with E-state index in [1.54, 1.807) is 19.1 Å². The standard InChI is InChI=1S/C24H31N5O4/c1-14(2)13-27-21-17(7-8-18(30)28-12-4-9-24(28)10-11-24)15(3)26-29(21)23(33)19(22(27)32)20(31)25-16-5-6-16/h7-8,14,16,33H,4-6,9-13H2,1-3H3,(H,25,31)/b8-7+. The number of nitrogens with one attached hydrogen (secondary N) is 1. The molecule has 5 rings (SSSR count). The lowest BCUT2D eigenvalue weighted by atomic mass is 10.1. The normalized spacial score (nSPS) is 19.3. The van der Waals surface area contributed by atoms with Crippen LogP contribution in [0.3, 0.4) is 0 Å². The van der Waals surface area contributed by atoms with Gasteiger partial charge in [-0.2, -0.15) is 9.61 Å². The molecular weight excluding hydrogens is 422 g/mol. The van der Waals surface area contributed by atoms with Gasteiger partial charge in [0.1, 0.15) is 5.65 Å². The van der Waals surface area contributed by atoms with Gasteiger partial charge >= 0.3 is 0 Å². The van der Waals surface area contributed by atoms with E-state index in [9.17, 15) is 19.5 Å². The number of likely N-dealkylation sites (tertiary alicyclic amines) is 1. The molecule has 9 heteroatoms. The van der Waals surface area contributed by atoms with Gasteiger partial charge in [0.15, 0.2) is 5.56 Å². The van der Waals surface area contributed by atoms with Crippen LogP contribution in [0.4, 0.5) is 0 Å². The molecule has 0 bridgehead atoms. The van der Waals surface area contributed by atoms with Crippen molar-refractivity contribution in [1.82, 2.24) is 24.4 Å². The monoisotopic (exact) mass is 453 g/mol. The predicted molar refractivity (Wildman–Crippen MR) is 123 cm³/mol. The number of nitrogens with zero attached hydrogens (tertiary/aromatic N) is 4. The van der Waals surface area contributed by atoms with Crippen LogP contribution in [0.2, 0.25) is 0 Å². The molecule has 2 N–H and O–H groups in total. The molecule has 2 aromatic rings. The van der Waals surface area contributed by atoms with Crippen LogP contribution in [0.5, 0.6) is 5.88 Å². The maximum absolute atomic E-state index is 13.4. The molecule has 2 aromatic heterocycles. The summed E-state index contributed by atoms with van der Waals surface area (Å²) in [5.74, 6) is -0.975. The van der Waals surface area contributed by atoms with Gasteiger partial charge < -0.3 is 15.3 Å². The van der Waals surface area contributed by atoms with Gasteiger partial charge in [0.25, 0.3) is 11.5 Å². The molecule has 33 heavy (non-hydrogen) atoms. The molecule has 9 nitrogen and oxygen atoms in total. The second-order valence-corrected chi connectivity index (χ2v) is 10.1. The Morgan fingerprint density at radius 2 is 2.00 bits per heavy atom. The molecule has 1 saturated heterocycles. The van der Waals surface area contributed by atoms with Crippen molar-refractivity contribution in [1.29, 1.82) is 0 Å². The second kappa shape index (κ2) is 7.74. The quantitative estimate of drug-likeness (QED) is 0.652. The van der Waals surface area contributed by atoms with E-state index in [1.807, 2.05) is 18.7 Å². The maximum atomic E-state index is 13.4. The second-order valence-electron chi connectivity index (χ2n) is 10.1. The molecule has 0 unspecified atom stereocenters. The summed E-state index contributed by atoms with van der Waals surface area (Å²) in [7, 11) is 0. The Labute approximate surface area is 192 Å². The number of carbonyl (C=O) groups excluding carboxylic acids is 2. The average Bonchev–Trinajstić information content (AvgIpc) is 3.64. The average molecular weight is 454 g/mol. The van der Waals surface area contributed by atoms with Crippen molar-refractivity contribution in [3.05, 3.63) is 33.3 Å². The number of rotatable bonds is 6. The molecule has 0 atom stereocenters. The topological polar surface area (TPSA) is 109 Å². The number of aromatic nitrogens is 3. The van der Waals surface area contributed by atoms with E-state index in [0.717, 1.165) is 45.1 Å². The third-order valence-corrected chi connectivity index (χ3v) is 6.99. The Morgan fingerprint density at radius 1 is 1.27 bits per heavy atom. The summed E-state index contributed by atoms with van der Waals surface area (Å²) >= 11 is 0. The van der Waals surface area contributed by atoms with Crippen LogP contribution >= 0.6 is 0 Å². The summed E-state index contributed by atoms with van der Waals surface area (Å²) in [5, 5.41) is 18.1. The van der Waals surface area contributed by atoms with E-state index >= 15 is 0 Å². The van der Waals surface area contributed by atoms with E-state index in [-0.39, 0.29) is 29.0 Å². The van der Waals surface area contributed by atoms with Crippen molar-refractivity contribution in [2.24, 2.45) is 5.92 Å². The molecule has 0 aromatic carbocycles. The minimum absolute atomic E-state index is 0.0360. The number of fused-ring (bicyclic) bond motifs is 1. The number of aryl methyl sites for hydroxylation is 1. The van der Waals surface area contributed by atoms with Gasteiger partial charge in [-0.15, -0.1) is 0 Å². The fourth-order valence-electron chi connectivity index (χ4n) is 4.97. The Hall–Kier alpha value is -3.10. The van der Waals surface area contributed by atoms with Gasteiger partial charge in [0, 0.05) is 36.3 Å². The van der Waals surface area contributed by atoms with Crippen molar-refractivity contribution < 1.29 is 14.7 Å². The van der Waals surface area contributed by atoms with Gasteiger partial charge in [-0.1, -0.05) is 13.8 Å². The summed E-state index contributed by atoms with van der Waals surface area (Å²) in [6.07, 6.45) is 9.21. The third kappa shape index (κ3) is 3.73. The molecule has 2 amide bonds. The van der Waals surface area contributed by atoms with Crippen molar-refractivity contribution in [2.75, 3.05) is 6.54 Å². The lowest BCUT2D eigenvalue weighted by molar-refractivity contribution is -0.127. The summed E-state index contributed by atoms with van der Waals surface area (Å²) in [5.41, 5.74) is 0.752. The number of amides is 2. The Kier molecular flexibility index (Phi) is 5.10. The van der Waals surface area contributed by atoms with Crippen LogP contribution in [0.25, 0.3) is 11.7 Å². The molecule has 3 aliphatic rings. The predicted octanol–water partition coefficient (Wildman–Crippen LogP) is 2.23. The molecule has 2 saturated carbocycles. The van der Waals surface area contributed by atoms with Crippen molar-refractivity contribution in [2.45, 2.75) is 77.4 Å². The molecule has 3 heterocycles. The Morgan fingerprint density at radius 3 is 2.64 bits per heavy atom. The van der Waals surface area contributed by atoms with E-state index < -0.39 is 17.3 Å². The van der Waals surface area contributed by atoms with Gasteiger partial charge in [-0.25, -0.2) is 0 Å². The number of hydrogen-bond acceptors (Lipinski definition) is 5. The van der Waals surface area contributed by atoms with E-state index in [2.05, 4.69) is 10.4 Å². The highest BCUT2D eigenvalue weighted by Gasteiger charge is 2.52. The molecule has 1 spiro atoms. The Bertz CT molecular complexity index is 1230. The van der Waals surface area contributed by atoms with Gasteiger partial charge in [0.05, 0.1) is 5.69 Å². The minimum Gasteiger partial charge on any atom is -0.492 e. The molecule has 2 aliphatic carbocycles. The van der Waals surface area contributed by atoms with Gasteiger partial charge in [0.2, 0.25) is 11.8 Å². The fourth-order valence-corrected chi connectivity index (χ4v) is 4.97. The van der Waals surface area contributed by atoms with Crippen molar-refractivity contribution in [3.8, 4) is 5.88 Å². The molecular formula is C24H31N5O4. The smallest absolute Gasteiger partial charge is 0.270 e. The SMILES string of the molecule is Cc1nn2c(O)c(C(=O)NC3CC3)c(=O)n(CC(C)C)c2c1/C=C/C(=O)N1CCCC12CC2. The first-order chi connectivity index (χ1) is 15.7. The fraction of sp³-hybridized carbons (Fsp3) is 0.583. The van der Waals surface area contributed by atoms with E-state index in [1.165, 1.54) is 9.08 Å². The number of carbonyl (C=O) groups is 2. The van der Waals surface area contributed by atoms with E-state index in [0.29, 0.717) is 23.4 Å². The highest BCUT2D eigenvalue weighted by molar-refractivity contribution is 5.97. The van der Waals surface area contributed by atoms with Gasteiger partial charge in [-0.3, -0.25) is 19.0 Å². The Balaban J connectivity index is 1.59. The zero-order valence-corrected chi connectivity index (χ0v) is 19.4. The molecule has 3 fully saturated rings. The molecule has 0 radical (unpaired) electrons. The zero-order valence-electron chi connectivity index (χ0n) is 19.4. The highest BCUT2D eigenvalue weighted by atomic mass is 16.3.